The second-order valence-corrected chi connectivity index (χ2v) is 6.34. The summed E-state index contributed by atoms with van der Waals surface area (Å²) < 4.78 is 0. The summed E-state index contributed by atoms with van der Waals surface area (Å²) in [7, 11) is 0. The molecule has 23 heavy (non-hydrogen) atoms. The number of hydrogen-bond donors (Lipinski definition) is 0. The highest BCUT2D eigenvalue weighted by Gasteiger charge is 2.27. The van der Waals surface area contributed by atoms with Crippen molar-refractivity contribution < 1.29 is 1.43 Å². The number of rotatable bonds is 5. The van der Waals surface area contributed by atoms with Crippen LogP contribution in [0.5, 0.6) is 0 Å². The van der Waals surface area contributed by atoms with Gasteiger partial charge in [0.2, 0.25) is 0 Å². The summed E-state index contributed by atoms with van der Waals surface area (Å²) >= 11 is 0. The molecule has 3 aromatic rings. The summed E-state index contributed by atoms with van der Waals surface area (Å²) in [6.07, 6.45) is 0. The molecule has 0 saturated heterocycles. The van der Waals surface area contributed by atoms with E-state index in [-0.39, 0.29) is 1.43 Å². The molecule has 0 aliphatic carbocycles. The van der Waals surface area contributed by atoms with Crippen molar-refractivity contribution >= 4 is 0 Å². The summed E-state index contributed by atoms with van der Waals surface area (Å²) in [6.45, 7) is 4.71. The third kappa shape index (κ3) is 3.53. The minimum absolute atomic E-state index is 0. The van der Waals surface area contributed by atoms with Gasteiger partial charge < -0.3 is 0 Å². The van der Waals surface area contributed by atoms with Crippen LogP contribution in [0.1, 0.15) is 49.7 Å². The molecule has 0 heterocycles. The zero-order valence-electron chi connectivity index (χ0n) is 13.9. The van der Waals surface area contributed by atoms with Gasteiger partial charge in [-0.15, -0.1) is 0 Å². The molecule has 0 radical (unpaired) electrons. The molecule has 0 aromatic heterocycles. The highest BCUT2D eigenvalue weighted by Crippen LogP contribution is 2.42. The lowest BCUT2D eigenvalue weighted by Crippen LogP contribution is -2.15. The van der Waals surface area contributed by atoms with Crippen LogP contribution in [0.2, 0.25) is 0 Å². The van der Waals surface area contributed by atoms with Gasteiger partial charge in [-0.1, -0.05) is 105 Å². The molecule has 2 unspecified atom stereocenters. The van der Waals surface area contributed by atoms with Crippen LogP contribution in [0.25, 0.3) is 0 Å². The summed E-state index contributed by atoms with van der Waals surface area (Å²) in [5.74, 6) is 1.39. The van der Waals surface area contributed by atoms with Crippen molar-refractivity contribution in [1.82, 2.24) is 0 Å². The fourth-order valence-electron chi connectivity index (χ4n) is 3.61. The lowest BCUT2D eigenvalue weighted by Gasteiger charge is -2.31. The minimum Gasteiger partial charge on any atom is -0.0622 e. The van der Waals surface area contributed by atoms with Crippen LogP contribution < -0.4 is 0 Å². The standard InChI is InChI=1S/C23H24.H2/c1-18(20-12-6-3-7-13-20)23(22-16-10-5-11-17-22)19(2)21-14-8-4-9-15-21;/h3-19,23H,1-2H3;1H. The van der Waals surface area contributed by atoms with Gasteiger partial charge in [0.05, 0.1) is 0 Å². The maximum absolute atomic E-state index is 2.35. The van der Waals surface area contributed by atoms with Gasteiger partial charge in [-0.05, 0) is 34.4 Å². The first-order valence-corrected chi connectivity index (χ1v) is 8.42. The van der Waals surface area contributed by atoms with E-state index in [4.69, 9.17) is 0 Å². The molecule has 2 atom stereocenters. The zero-order chi connectivity index (χ0) is 16.1. The van der Waals surface area contributed by atoms with E-state index in [0.29, 0.717) is 17.8 Å². The van der Waals surface area contributed by atoms with Gasteiger partial charge in [0.1, 0.15) is 0 Å². The predicted molar refractivity (Wildman–Crippen MR) is 101 cm³/mol. The van der Waals surface area contributed by atoms with Gasteiger partial charge in [0.15, 0.2) is 0 Å². The lowest BCUT2D eigenvalue weighted by atomic mass is 9.73. The molecule has 118 valence electrons. The Balaban J connectivity index is 0.00000208. The largest absolute Gasteiger partial charge is 0.0622 e. The summed E-state index contributed by atoms with van der Waals surface area (Å²) in [5.41, 5.74) is 4.23. The topological polar surface area (TPSA) is 0 Å². The Labute approximate surface area is 141 Å². The highest BCUT2D eigenvalue weighted by atomic mass is 14.3. The van der Waals surface area contributed by atoms with Gasteiger partial charge in [0.25, 0.3) is 0 Å². The highest BCUT2D eigenvalue weighted by molar-refractivity contribution is 5.33. The van der Waals surface area contributed by atoms with Crippen molar-refractivity contribution in [1.29, 1.82) is 0 Å². The molecule has 0 spiro atoms. The van der Waals surface area contributed by atoms with E-state index in [9.17, 15) is 0 Å². The van der Waals surface area contributed by atoms with E-state index in [0.717, 1.165) is 0 Å². The molecule has 0 fully saturated rings. The second-order valence-electron chi connectivity index (χ2n) is 6.34. The van der Waals surface area contributed by atoms with Crippen LogP contribution in [-0.2, 0) is 0 Å². The monoisotopic (exact) mass is 302 g/mol. The van der Waals surface area contributed by atoms with Gasteiger partial charge in [-0.25, -0.2) is 0 Å². The van der Waals surface area contributed by atoms with Crippen LogP contribution >= 0.6 is 0 Å². The molecule has 3 aromatic carbocycles. The molecule has 0 amide bonds. The Hall–Kier alpha value is -2.34. The molecule has 0 saturated carbocycles. The normalized spacial score (nSPS) is 14.9. The average Bonchev–Trinajstić information content (AvgIpc) is 2.64. The van der Waals surface area contributed by atoms with Crippen molar-refractivity contribution in [2.75, 3.05) is 0 Å². The molecule has 0 N–H and O–H groups in total. The molecular weight excluding hydrogens is 276 g/mol. The first-order valence-electron chi connectivity index (χ1n) is 8.42. The van der Waals surface area contributed by atoms with Crippen molar-refractivity contribution in [2.45, 2.75) is 31.6 Å². The molecular formula is C23H26. The van der Waals surface area contributed by atoms with Crippen molar-refractivity contribution in [2.24, 2.45) is 0 Å². The number of hydrogen-bond acceptors (Lipinski definition) is 0. The Bertz CT molecular complexity index is 661. The quantitative estimate of drug-likeness (QED) is 0.496. The van der Waals surface area contributed by atoms with Gasteiger partial charge in [-0.3, -0.25) is 0 Å². The lowest BCUT2D eigenvalue weighted by molar-refractivity contribution is 0.497. The minimum atomic E-state index is 0. The Morgan fingerprint density at radius 3 is 1.13 bits per heavy atom. The number of benzene rings is 3. The van der Waals surface area contributed by atoms with Crippen molar-refractivity contribution in [3.05, 3.63) is 108 Å². The van der Waals surface area contributed by atoms with Crippen LogP contribution in [0.4, 0.5) is 0 Å². The summed E-state index contributed by atoms with van der Waals surface area (Å²) in [4.78, 5) is 0. The van der Waals surface area contributed by atoms with E-state index >= 15 is 0 Å². The molecule has 3 rings (SSSR count). The molecule has 0 aliphatic rings. The molecule has 0 bridgehead atoms. The van der Waals surface area contributed by atoms with Crippen LogP contribution in [0.15, 0.2) is 91.0 Å². The van der Waals surface area contributed by atoms with E-state index in [1.807, 2.05) is 0 Å². The Kier molecular flexibility index (Phi) is 4.92. The fourth-order valence-corrected chi connectivity index (χ4v) is 3.61. The third-order valence-electron chi connectivity index (χ3n) is 4.91. The molecule has 0 nitrogen and oxygen atoms in total. The van der Waals surface area contributed by atoms with Crippen LogP contribution in [-0.4, -0.2) is 0 Å². The SMILES string of the molecule is CC(c1ccccc1)C(c1ccccc1)C(C)c1ccccc1.[HH]. The second kappa shape index (κ2) is 7.28. The maximum atomic E-state index is 2.35. The van der Waals surface area contributed by atoms with E-state index < -0.39 is 0 Å². The third-order valence-corrected chi connectivity index (χ3v) is 4.91. The molecule has 0 aliphatic heterocycles. The predicted octanol–water partition coefficient (Wildman–Crippen LogP) is 6.62. The van der Waals surface area contributed by atoms with E-state index in [2.05, 4.69) is 105 Å². The first-order chi connectivity index (χ1) is 11.3. The zero-order valence-corrected chi connectivity index (χ0v) is 13.9. The smallest absolute Gasteiger partial charge is 0 e. The van der Waals surface area contributed by atoms with Crippen LogP contribution in [0.3, 0.4) is 0 Å². The maximum Gasteiger partial charge on any atom is 0 e. The van der Waals surface area contributed by atoms with Crippen molar-refractivity contribution in [3.8, 4) is 0 Å². The van der Waals surface area contributed by atoms with Crippen molar-refractivity contribution in [3.63, 3.8) is 0 Å². The van der Waals surface area contributed by atoms with Gasteiger partial charge >= 0.3 is 0 Å². The summed E-state index contributed by atoms with van der Waals surface area (Å²) in [5, 5.41) is 0. The van der Waals surface area contributed by atoms with Gasteiger partial charge in [0, 0.05) is 1.43 Å². The molecule has 0 heteroatoms. The fraction of sp³-hybridized carbons (Fsp3) is 0.217. The Morgan fingerprint density at radius 2 is 0.783 bits per heavy atom. The average molecular weight is 302 g/mol. The Morgan fingerprint density at radius 1 is 0.478 bits per heavy atom. The van der Waals surface area contributed by atoms with Crippen LogP contribution in [0, 0.1) is 0 Å². The first kappa shape index (κ1) is 15.6. The summed E-state index contributed by atoms with van der Waals surface area (Å²) in [6, 6.07) is 32.7. The van der Waals surface area contributed by atoms with E-state index in [1.54, 1.807) is 0 Å². The van der Waals surface area contributed by atoms with E-state index in [1.165, 1.54) is 16.7 Å². The van der Waals surface area contributed by atoms with Gasteiger partial charge in [-0.2, -0.15) is 0 Å².